The van der Waals surface area contributed by atoms with Crippen LogP contribution < -0.4 is 10.1 Å². The van der Waals surface area contributed by atoms with Crippen LogP contribution in [0.1, 0.15) is 18.1 Å². The Bertz CT molecular complexity index is 702. The quantitative estimate of drug-likeness (QED) is 0.394. The van der Waals surface area contributed by atoms with Crippen molar-refractivity contribution in [3.8, 4) is 11.5 Å². The smallest absolute Gasteiger partial charge is 0.194 e. The Morgan fingerprint density at radius 1 is 1.44 bits per heavy atom. The number of aryl methyl sites for hydroxylation is 1. The molecule has 2 N–H and O–H groups in total. The van der Waals surface area contributed by atoms with Gasteiger partial charge in [-0.3, -0.25) is 4.68 Å². The molecule has 7 nitrogen and oxygen atoms in total. The van der Waals surface area contributed by atoms with Crippen LogP contribution in [0, 0.1) is 0 Å². The molecule has 138 valence electrons. The fourth-order valence-corrected chi connectivity index (χ4v) is 2.35. The van der Waals surface area contributed by atoms with Crippen molar-refractivity contribution in [2.45, 2.75) is 20.0 Å². The first-order valence-electron chi connectivity index (χ1n) is 7.86. The zero-order valence-corrected chi connectivity index (χ0v) is 17.4. The van der Waals surface area contributed by atoms with Crippen LogP contribution in [0.2, 0.25) is 0 Å². The number of nitrogens with one attached hydrogen (secondary N) is 1. The maximum Gasteiger partial charge on any atom is 0.194 e. The second-order valence-electron chi connectivity index (χ2n) is 5.54. The number of ether oxygens (including phenoxy) is 1. The maximum atomic E-state index is 9.98. The number of rotatable bonds is 6. The number of guanidine groups is 1. The first-order valence-corrected chi connectivity index (χ1v) is 7.86. The molecular formula is C17H26IN5O2. The van der Waals surface area contributed by atoms with E-state index in [0.29, 0.717) is 18.8 Å². The molecular weight excluding hydrogens is 433 g/mol. The number of phenolic OH excluding ortho intramolecular Hbond substituents is 1. The maximum absolute atomic E-state index is 9.98. The van der Waals surface area contributed by atoms with E-state index in [-0.39, 0.29) is 29.7 Å². The number of phenols is 1. The van der Waals surface area contributed by atoms with Gasteiger partial charge in [-0.05, 0) is 25.1 Å². The molecule has 0 aliphatic rings. The third kappa shape index (κ3) is 6.11. The molecule has 8 heteroatoms. The van der Waals surface area contributed by atoms with Crippen molar-refractivity contribution >= 4 is 29.9 Å². The zero-order valence-electron chi connectivity index (χ0n) is 15.1. The van der Waals surface area contributed by atoms with Gasteiger partial charge in [-0.15, -0.1) is 24.0 Å². The lowest BCUT2D eigenvalue weighted by atomic mass is 10.2. The minimum absolute atomic E-state index is 0. The molecule has 0 radical (unpaired) electrons. The lowest BCUT2D eigenvalue weighted by molar-refractivity contribution is 0.410. The molecule has 0 bridgehead atoms. The Balaban J connectivity index is 0.00000312. The molecule has 0 spiro atoms. The molecule has 1 heterocycles. The SMILES string of the molecule is CCNC(=NCc1cc(OC)ccc1O)N(C)Cc1cnn(C)c1.I. The van der Waals surface area contributed by atoms with Crippen LogP contribution in [0.15, 0.2) is 35.6 Å². The highest BCUT2D eigenvalue weighted by molar-refractivity contribution is 14.0. The predicted octanol–water partition coefficient (Wildman–Crippen LogP) is 2.35. The lowest BCUT2D eigenvalue weighted by Crippen LogP contribution is -2.38. The molecule has 0 fully saturated rings. The number of aromatic nitrogens is 2. The van der Waals surface area contributed by atoms with E-state index < -0.39 is 0 Å². The van der Waals surface area contributed by atoms with Crippen LogP contribution >= 0.6 is 24.0 Å². The van der Waals surface area contributed by atoms with Crippen LogP contribution in [0.4, 0.5) is 0 Å². The van der Waals surface area contributed by atoms with E-state index in [2.05, 4.69) is 15.4 Å². The van der Waals surface area contributed by atoms with Gasteiger partial charge in [-0.25, -0.2) is 4.99 Å². The van der Waals surface area contributed by atoms with Gasteiger partial charge >= 0.3 is 0 Å². The molecule has 0 saturated heterocycles. The summed E-state index contributed by atoms with van der Waals surface area (Å²) in [6.07, 6.45) is 3.82. The second-order valence-corrected chi connectivity index (χ2v) is 5.54. The molecule has 0 amide bonds. The summed E-state index contributed by atoms with van der Waals surface area (Å²) in [5.74, 6) is 1.68. The van der Waals surface area contributed by atoms with Crippen molar-refractivity contribution in [3.63, 3.8) is 0 Å². The van der Waals surface area contributed by atoms with Crippen LogP contribution in [0.5, 0.6) is 11.5 Å². The number of aromatic hydroxyl groups is 1. The van der Waals surface area contributed by atoms with Gasteiger partial charge in [0, 0.05) is 44.5 Å². The lowest BCUT2D eigenvalue weighted by Gasteiger charge is -2.21. The summed E-state index contributed by atoms with van der Waals surface area (Å²) in [6, 6.07) is 5.14. The molecule has 25 heavy (non-hydrogen) atoms. The molecule has 0 saturated carbocycles. The number of halogens is 1. The zero-order chi connectivity index (χ0) is 17.5. The highest BCUT2D eigenvalue weighted by Crippen LogP contribution is 2.23. The van der Waals surface area contributed by atoms with E-state index in [1.54, 1.807) is 30.0 Å². The van der Waals surface area contributed by atoms with Gasteiger partial charge in [0.25, 0.3) is 0 Å². The largest absolute Gasteiger partial charge is 0.508 e. The van der Waals surface area contributed by atoms with Gasteiger partial charge in [0.1, 0.15) is 11.5 Å². The number of benzene rings is 1. The van der Waals surface area contributed by atoms with E-state index in [9.17, 15) is 5.11 Å². The van der Waals surface area contributed by atoms with Crippen molar-refractivity contribution in [3.05, 3.63) is 41.7 Å². The van der Waals surface area contributed by atoms with Crippen molar-refractivity contribution in [1.29, 1.82) is 0 Å². The van der Waals surface area contributed by atoms with Crippen LogP contribution in [0.25, 0.3) is 0 Å². The van der Waals surface area contributed by atoms with Crippen molar-refractivity contribution in [2.24, 2.45) is 12.0 Å². The summed E-state index contributed by atoms with van der Waals surface area (Å²) in [7, 11) is 5.47. The van der Waals surface area contributed by atoms with Crippen molar-refractivity contribution < 1.29 is 9.84 Å². The predicted molar refractivity (Wildman–Crippen MR) is 110 cm³/mol. The summed E-state index contributed by atoms with van der Waals surface area (Å²) in [5.41, 5.74) is 1.83. The molecule has 0 unspecified atom stereocenters. The minimum atomic E-state index is 0. The Hall–Kier alpha value is -1.97. The van der Waals surface area contributed by atoms with Gasteiger partial charge in [0.2, 0.25) is 0 Å². The van der Waals surface area contributed by atoms with E-state index >= 15 is 0 Å². The summed E-state index contributed by atoms with van der Waals surface area (Å²) < 4.78 is 6.98. The fourth-order valence-electron chi connectivity index (χ4n) is 2.35. The second kappa shape index (κ2) is 10.1. The monoisotopic (exact) mass is 459 g/mol. The van der Waals surface area contributed by atoms with Gasteiger partial charge in [-0.1, -0.05) is 0 Å². The number of nitrogens with zero attached hydrogens (tertiary/aromatic N) is 4. The van der Waals surface area contributed by atoms with Gasteiger partial charge in [0.05, 0.1) is 19.9 Å². The summed E-state index contributed by atoms with van der Waals surface area (Å²) in [4.78, 5) is 6.64. The summed E-state index contributed by atoms with van der Waals surface area (Å²) in [5, 5.41) is 17.4. The molecule has 0 aliphatic heterocycles. The Morgan fingerprint density at radius 3 is 2.80 bits per heavy atom. The molecule has 0 atom stereocenters. The van der Waals surface area contributed by atoms with Crippen LogP contribution in [0.3, 0.4) is 0 Å². The normalized spacial score (nSPS) is 11.0. The Labute approximate surface area is 165 Å². The van der Waals surface area contributed by atoms with Gasteiger partial charge in [0.15, 0.2) is 5.96 Å². The van der Waals surface area contributed by atoms with E-state index in [0.717, 1.165) is 23.6 Å². The van der Waals surface area contributed by atoms with Crippen LogP contribution in [-0.4, -0.2) is 46.4 Å². The van der Waals surface area contributed by atoms with Crippen molar-refractivity contribution in [2.75, 3.05) is 20.7 Å². The van der Waals surface area contributed by atoms with Crippen LogP contribution in [-0.2, 0) is 20.1 Å². The summed E-state index contributed by atoms with van der Waals surface area (Å²) >= 11 is 0. The average Bonchev–Trinajstić information content (AvgIpc) is 2.97. The van der Waals surface area contributed by atoms with Gasteiger partial charge in [-0.2, -0.15) is 5.10 Å². The van der Waals surface area contributed by atoms with Crippen molar-refractivity contribution in [1.82, 2.24) is 20.0 Å². The highest BCUT2D eigenvalue weighted by atomic mass is 127. The first-order chi connectivity index (χ1) is 11.5. The Kier molecular flexibility index (Phi) is 8.53. The third-order valence-corrected chi connectivity index (χ3v) is 3.56. The Morgan fingerprint density at radius 2 is 2.20 bits per heavy atom. The molecule has 0 aliphatic carbocycles. The highest BCUT2D eigenvalue weighted by Gasteiger charge is 2.09. The summed E-state index contributed by atoms with van der Waals surface area (Å²) in [6.45, 7) is 3.85. The topological polar surface area (TPSA) is 74.9 Å². The number of methoxy groups -OCH3 is 1. The molecule has 1 aromatic carbocycles. The standard InChI is InChI=1S/C17H25N5O2.HI/c1-5-18-17(21(2)11-13-9-20-22(3)12-13)19-10-14-8-15(24-4)6-7-16(14)23;/h6-9,12,23H,5,10-11H2,1-4H3,(H,18,19);1H. The number of hydrogen-bond acceptors (Lipinski definition) is 4. The third-order valence-electron chi connectivity index (χ3n) is 3.56. The van der Waals surface area contributed by atoms with E-state index in [1.165, 1.54) is 0 Å². The van der Waals surface area contributed by atoms with E-state index in [1.807, 2.05) is 38.3 Å². The molecule has 2 aromatic rings. The molecule has 1 aromatic heterocycles. The number of hydrogen-bond donors (Lipinski definition) is 2. The van der Waals surface area contributed by atoms with Gasteiger partial charge < -0.3 is 20.1 Å². The molecule has 2 rings (SSSR count). The fraction of sp³-hybridized carbons (Fsp3) is 0.412. The average molecular weight is 459 g/mol. The number of aliphatic imine (C=N–C) groups is 1. The van der Waals surface area contributed by atoms with E-state index in [4.69, 9.17) is 4.74 Å². The minimum Gasteiger partial charge on any atom is -0.508 e. The first kappa shape index (κ1) is 21.1.